The maximum atomic E-state index is 13.8. The van der Waals surface area contributed by atoms with Crippen molar-refractivity contribution in [1.82, 2.24) is 4.57 Å². The molecule has 9 nitrogen and oxygen atoms in total. The predicted molar refractivity (Wildman–Crippen MR) is 150 cm³/mol. The second kappa shape index (κ2) is 10.6. The fraction of sp³-hybridized carbons (Fsp3) is 0.172. The van der Waals surface area contributed by atoms with Gasteiger partial charge in [0.2, 0.25) is 0 Å². The molecule has 0 unspecified atom stereocenters. The van der Waals surface area contributed by atoms with Crippen LogP contribution in [0.5, 0.6) is 11.5 Å². The van der Waals surface area contributed by atoms with Crippen molar-refractivity contribution in [3.8, 4) is 22.8 Å². The van der Waals surface area contributed by atoms with Crippen LogP contribution in [0.1, 0.15) is 41.6 Å². The zero-order valence-corrected chi connectivity index (χ0v) is 23.4. The summed E-state index contributed by atoms with van der Waals surface area (Å²) in [5, 5.41) is 9.50. The molecule has 1 N–H and O–H groups in total. The van der Waals surface area contributed by atoms with Gasteiger partial charge in [-0.1, -0.05) is 22.9 Å². The molecule has 0 fully saturated rings. The van der Waals surface area contributed by atoms with Gasteiger partial charge in [0.15, 0.2) is 10.6 Å². The summed E-state index contributed by atoms with van der Waals surface area (Å²) in [6.07, 6.45) is 1.59. The predicted octanol–water partition coefficient (Wildman–Crippen LogP) is 4.45. The number of benzene rings is 2. The number of ether oxygens (including phenoxy) is 2. The lowest BCUT2D eigenvalue weighted by atomic mass is 9.92. The Bertz CT molecular complexity index is 1900. The molecule has 0 aliphatic carbocycles. The Kier molecular flexibility index (Phi) is 7.22. The first-order valence-electron chi connectivity index (χ1n) is 12.0. The summed E-state index contributed by atoms with van der Waals surface area (Å²) in [6.45, 7) is 3.19. The molecule has 0 amide bonds. The molecule has 0 spiro atoms. The number of carbonyl (C=O) groups is 2. The van der Waals surface area contributed by atoms with E-state index in [-0.39, 0.29) is 21.9 Å². The molecule has 0 radical (unpaired) electrons. The molecule has 1 aliphatic heterocycles. The number of carboxylic acid groups (broad SMARTS) is 1. The Hall–Kier alpha value is -4.41. The fourth-order valence-electron chi connectivity index (χ4n) is 4.67. The number of carboxylic acids is 1. The topological polar surface area (TPSA) is 120 Å². The first-order chi connectivity index (χ1) is 19.1. The monoisotopic (exact) mass is 578 g/mol. The van der Waals surface area contributed by atoms with E-state index in [4.69, 9.17) is 25.5 Å². The molecule has 0 saturated carbocycles. The fourth-order valence-corrected chi connectivity index (χ4v) is 5.89. The van der Waals surface area contributed by atoms with Crippen LogP contribution in [0.15, 0.2) is 74.0 Å². The van der Waals surface area contributed by atoms with Gasteiger partial charge < -0.3 is 19.0 Å². The summed E-state index contributed by atoms with van der Waals surface area (Å²) in [4.78, 5) is 43.1. The van der Waals surface area contributed by atoms with E-state index in [1.807, 2.05) is 0 Å². The van der Waals surface area contributed by atoms with Gasteiger partial charge in [-0.05, 0) is 56.3 Å². The van der Waals surface area contributed by atoms with Crippen molar-refractivity contribution in [1.29, 1.82) is 0 Å². The first kappa shape index (κ1) is 27.2. The third kappa shape index (κ3) is 4.76. The van der Waals surface area contributed by atoms with Crippen LogP contribution in [0, 0.1) is 0 Å². The van der Waals surface area contributed by atoms with E-state index in [1.165, 1.54) is 42.1 Å². The number of rotatable bonds is 7. The van der Waals surface area contributed by atoms with Crippen LogP contribution in [0.3, 0.4) is 0 Å². The molecule has 1 atom stereocenters. The number of Topliss-reactive ketones (excluding diaryl/α,β-unsaturated/α-hetero) is 1. The van der Waals surface area contributed by atoms with Crippen LogP contribution in [0.25, 0.3) is 17.4 Å². The lowest BCUT2D eigenvalue weighted by Gasteiger charge is -2.26. The highest BCUT2D eigenvalue weighted by Gasteiger charge is 2.32. The van der Waals surface area contributed by atoms with Crippen molar-refractivity contribution >= 4 is 40.8 Å². The van der Waals surface area contributed by atoms with Crippen molar-refractivity contribution in [2.45, 2.75) is 19.9 Å². The molecule has 0 bridgehead atoms. The molecule has 11 heteroatoms. The van der Waals surface area contributed by atoms with E-state index < -0.39 is 12.0 Å². The number of ketones is 1. The Morgan fingerprint density at radius 3 is 2.58 bits per heavy atom. The molecular formula is C29H23ClN2O7S. The molecule has 0 saturated heterocycles. The quantitative estimate of drug-likeness (QED) is 0.344. The van der Waals surface area contributed by atoms with E-state index in [2.05, 4.69) is 4.99 Å². The lowest BCUT2D eigenvalue weighted by molar-refractivity contribution is -0.114. The minimum absolute atomic E-state index is 0.0453. The SMILES string of the molecule is COc1ccc([C@@H]2C(C(C)=O)=C(C)N=c3s/c(=C/c4ccc(-c5ccc(Cl)c(C(=O)O)c5)o4)c(=O)n32)c(OC)c1. The molecule has 2 aromatic heterocycles. The number of halogens is 1. The van der Waals surface area contributed by atoms with Gasteiger partial charge in [0.25, 0.3) is 5.56 Å². The number of fused-ring (bicyclic) bond motifs is 1. The van der Waals surface area contributed by atoms with Crippen molar-refractivity contribution in [3.63, 3.8) is 0 Å². The summed E-state index contributed by atoms with van der Waals surface area (Å²) in [5.74, 6) is 0.470. The number of aromatic carboxylic acids is 1. The zero-order chi connectivity index (χ0) is 28.7. The molecule has 4 aromatic rings. The summed E-state index contributed by atoms with van der Waals surface area (Å²) < 4.78 is 18.7. The van der Waals surface area contributed by atoms with Gasteiger partial charge in [-0.2, -0.15) is 0 Å². The number of thiazole rings is 1. The number of hydrogen-bond acceptors (Lipinski definition) is 8. The molecule has 3 heterocycles. The van der Waals surface area contributed by atoms with Crippen LogP contribution in [0.4, 0.5) is 0 Å². The van der Waals surface area contributed by atoms with Crippen LogP contribution in [-0.4, -0.2) is 35.6 Å². The van der Waals surface area contributed by atoms with Crippen LogP contribution in [0.2, 0.25) is 5.02 Å². The maximum absolute atomic E-state index is 13.8. The van der Waals surface area contributed by atoms with Crippen molar-refractivity contribution in [2.75, 3.05) is 14.2 Å². The number of furan rings is 1. The Labute approximate surface area is 236 Å². The average molecular weight is 579 g/mol. The van der Waals surface area contributed by atoms with Crippen molar-refractivity contribution < 1.29 is 28.6 Å². The summed E-state index contributed by atoms with van der Waals surface area (Å²) >= 11 is 7.16. The van der Waals surface area contributed by atoms with Gasteiger partial charge in [0.05, 0.1) is 35.4 Å². The molecular weight excluding hydrogens is 556 g/mol. The van der Waals surface area contributed by atoms with E-state index in [1.54, 1.807) is 56.5 Å². The number of allylic oxidation sites excluding steroid dienone is 2. The summed E-state index contributed by atoms with van der Waals surface area (Å²) in [5.41, 5.74) is 1.65. The maximum Gasteiger partial charge on any atom is 0.337 e. The third-order valence-corrected chi connectivity index (χ3v) is 7.83. The Balaban J connectivity index is 1.64. The smallest absolute Gasteiger partial charge is 0.337 e. The van der Waals surface area contributed by atoms with Crippen molar-refractivity contribution in [2.24, 2.45) is 4.99 Å². The lowest BCUT2D eigenvalue weighted by Crippen LogP contribution is -2.39. The first-order valence-corrected chi connectivity index (χ1v) is 13.2. The van der Waals surface area contributed by atoms with Gasteiger partial charge in [-0.3, -0.25) is 14.2 Å². The van der Waals surface area contributed by atoms with Gasteiger partial charge in [-0.25, -0.2) is 9.79 Å². The van der Waals surface area contributed by atoms with E-state index >= 15 is 0 Å². The minimum atomic E-state index is -1.15. The summed E-state index contributed by atoms with van der Waals surface area (Å²) in [6, 6.07) is 12.4. The largest absolute Gasteiger partial charge is 0.497 e. The van der Waals surface area contributed by atoms with Gasteiger partial charge in [0.1, 0.15) is 23.0 Å². The van der Waals surface area contributed by atoms with Gasteiger partial charge in [-0.15, -0.1) is 0 Å². The van der Waals surface area contributed by atoms with Gasteiger partial charge in [0, 0.05) is 34.5 Å². The second-order valence-electron chi connectivity index (χ2n) is 8.95. The molecule has 204 valence electrons. The van der Waals surface area contributed by atoms with E-state index in [9.17, 15) is 19.5 Å². The number of carbonyl (C=O) groups excluding carboxylic acids is 1. The highest BCUT2D eigenvalue weighted by Crippen LogP contribution is 2.37. The van der Waals surface area contributed by atoms with Gasteiger partial charge >= 0.3 is 5.97 Å². The number of methoxy groups -OCH3 is 2. The standard InChI is InChI=1S/C29H23ClN2O7S/c1-14-25(15(2)33)26(19-8-6-17(37-3)12-23(19)38-4)32-27(34)24(40-29(32)31-14)13-18-7-10-22(39-18)16-5-9-21(30)20(11-16)28(35)36/h5-13,26H,1-4H3,(H,35,36)/b24-13+/t26-/m1/s1. The number of aromatic nitrogens is 1. The minimum Gasteiger partial charge on any atom is -0.497 e. The number of nitrogens with zero attached hydrogens (tertiary/aromatic N) is 2. The summed E-state index contributed by atoms with van der Waals surface area (Å²) in [7, 11) is 3.06. The Morgan fingerprint density at radius 1 is 1.12 bits per heavy atom. The van der Waals surface area contributed by atoms with E-state index in [0.717, 1.165) is 0 Å². The highest BCUT2D eigenvalue weighted by atomic mass is 35.5. The van der Waals surface area contributed by atoms with Crippen LogP contribution < -0.4 is 24.4 Å². The normalized spacial score (nSPS) is 15.0. The average Bonchev–Trinajstić information content (AvgIpc) is 3.51. The van der Waals surface area contributed by atoms with Crippen LogP contribution in [-0.2, 0) is 4.79 Å². The Morgan fingerprint density at radius 2 is 1.90 bits per heavy atom. The highest BCUT2D eigenvalue weighted by molar-refractivity contribution is 7.07. The molecule has 5 rings (SSSR count). The molecule has 1 aliphatic rings. The molecule has 40 heavy (non-hydrogen) atoms. The van der Waals surface area contributed by atoms with Crippen molar-refractivity contribution in [3.05, 3.63) is 101 Å². The molecule has 2 aromatic carbocycles. The second-order valence-corrected chi connectivity index (χ2v) is 10.4. The third-order valence-electron chi connectivity index (χ3n) is 6.52. The number of hydrogen-bond donors (Lipinski definition) is 1. The van der Waals surface area contributed by atoms with Crippen LogP contribution >= 0.6 is 22.9 Å². The van der Waals surface area contributed by atoms with E-state index in [0.29, 0.717) is 54.8 Å². The zero-order valence-electron chi connectivity index (χ0n) is 21.9.